The van der Waals surface area contributed by atoms with Crippen molar-refractivity contribution in [2.45, 2.75) is 181 Å². The number of esters is 1. The average Bonchev–Trinajstić information content (AvgIpc) is 2.89. The first-order valence-electron chi connectivity index (χ1n) is 16.1. The largest absolute Gasteiger partial charge is 0.462 e. The third-order valence-electron chi connectivity index (χ3n) is 7.13. The van der Waals surface area contributed by atoms with Crippen LogP contribution in [-0.2, 0) is 14.3 Å². The Labute approximate surface area is 231 Å². The van der Waals surface area contributed by atoms with Gasteiger partial charge in [-0.2, -0.15) is 0 Å². The molecule has 0 aliphatic carbocycles. The van der Waals surface area contributed by atoms with Crippen LogP contribution < -0.4 is 0 Å². The molecule has 0 bridgehead atoms. The number of aldehydes is 1. The van der Waals surface area contributed by atoms with Crippen LogP contribution in [0, 0.1) is 0 Å². The number of rotatable bonds is 28. The molecule has 0 fully saturated rings. The van der Waals surface area contributed by atoms with Gasteiger partial charge in [0, 0.05) is 19.3 Å². The highest BCUT2D eigenvalue weighted by Gasteiger charge is 2.12. The second-order valence-corrected chi connectivity index (χ2v) is 10.8. The minimum Gasteiger partial charge on any atom is -0.462 e. The van der Waals surface area contributed by atoms with E-state index in [1.807, 2.05) is 6.92 Å². The monoisotopic (exact) mass is 518 g/mol. The number of unbranched alkanes of at least 4 members (excludes halogenated alkanes) is 14. The molecule has 0 N–H and O–H groups in total. The molecule has 1 atom stereocenters. The summed E-state index contributed by atoms with van der Waals surface area (Å²) in [5, 5.41) is 0. The Balaban J connectivity index is 4.08. The second-order valence-electron chi connectivity index (χ2n) is 10.8. The quantitative estimate of drug-likeness (QED) is 0.0447. The fourth-order valence-corrected chi connectivity index (χ4v) is 4.75. The van der Waals surface area contributed by atoms with Gasteiger partial charge in [0.15, 0.2) is 0 Å². The summed E-state index contributed by atoms with van der Waals surface area (Å²) >= 11 is 0. The van der Waals surface area contributed by atoms with Crippen LogP contribution in [-0.4, -0.2) is 18.4 Å². The summed E-state index contributed by atoms with van der Waals surface area (Å²) in [6.07, 6.45) is 35.9. The molecule has 0 aromatic heterocycles. The molecule has 0 heterocycles. The zero-order valence-electron chi connectivity index (χ0n) is 25.1. The second kappa shape index (κ2) is 29.2. The predicted molar refractivity (Wildman–Crippen MR) is 161 cm³/mol. The van der Waals surface area contributed by atoms with E-state index < -0.39 is 0 Å². The van der Waals surface area contributed by atoms with Crippen LogP contribution in [0.2, 0.25) is 0 Å². The first-order chi connectivity index (χ1) is 18.2. The zero-order valence-corrected chi connectivity index (χ0v) is 25.1. The van der Waals surface area contributed by atoms with Crippen molar-refractivity contribution >= 4 is 12.3 Å². The Kier molecular flexibility index (Phi) is 28.1. The van der Waals surface area contributed by atoms with E-state index in [2.05, 4.69) is 32.1 Å². The fourth-order valence-electron chi connectivity index (χ4n) is 4.75. The summed E-state index contributed by atoms with van der Waals surface area (Å²) in [6.45, 7) is 6.55. The van der Waals surface area contributed by atoms with E-state index in [4.69, 9.17) is 4.74 Å². The van der Waals surface area contributed by atoms with Gasteiger partial charge in [0.05, 0.1) is 0 Å². The van der Waals surface area contributed by atoms with Gasteiger partial charge >= 0.3 is 5.97 Å². The Morgan fingerprint density at radius 3 is 1.95 bits per heavy atom. The van der Waals surface area contributed by atoms with Crippen LogP contribution in [0.25, 0.3) is 0 Å². The number of hydrogen-bond donors (Lipinski definition) is 0. The van der Waals surface area contributed by atoms with E-state index in [-0.39, 0.29) is 12.1 Å². The maximum Gasteiger partial charge on any atom is 0.306 e. The van der Waals surface area contributed by atoms with Crippen molar-refractivity contribution in [3.8, 4) is 0 Å². The maximum absolute atomic E-state index is 12.0. The van der Waals surface area contributed by atoms with E-state index in [9.17, 15) is 9.59 Å². The fraction of sp³-hybridized carbons (Fsp3) is 0.824. The van der Waals surface area contributed by atoms with Crippen LogP contribution in [0.3, 0.4) is 0 Å². The van der Waals surface area contributed by atoms with E-state index in [0.29, 0.717) is 6.42 Å². The molecular weight excluding hydrogens is 456 g/mol. The summed E-state index contributed by atoms with van der Waals surface area (Å²) in [7, 11) is 0. The molecule has 0 aliphatic heterocycles. The van der Waals surface area contributed by atoms with Crippen LogP contribution in [0.1, 0.15) is 175 Å². The minimum absolute atomic E-state index is 0.0326. The van der Waals surface area contributed by atoms with Crippen molar-refractivity contribution in [1.29, 1.82) is 0 Å². The van der Waals surface area contributed by atoms with Crippen molar-refractivity contribution < 1.29 is 14.3 Å². The predicted octanol–water partition coefficient (Wildman–Crippen LogP) is 11.0. The van der Waals surface area contributed by atoms with Gasteiger partial charge in [-0.15, -0.1) is 0 Å². The Morgan fingerprint density at radius 1 is 0.622 bits per heavy atom. The van der Waals surface area contributed by atoms with Gasteiger partial charge in [0.25, 0.3) is 0 Å². The zero-order chi connectivity index (χ0) is 27.2. The summed E-state index contributed by atoms with van der Waals surface area (Å²) in [5.74, 6) is -0.0326. The Bertz CT molecular complexity index is 563. The van der Waals surface area contributed by atoms with E-state index in [1.165, 1.54) is 103 Å². The molecule has 0 aromatic carbocycles. The summed E-state index contributed by atoms with van der Waals surface area (Å²) in [6, 6.07) is 0. The third kappa shape index (κ3) is 26.0. The molecule has 0 aliphatic rings. The lowest BCUT2D eigenvalue weighted by atomic mass is 9.99. The molecule has 0 rings (SSSR count). The first kappa shape index (κ1) is 35.6. The smallest absolute Gasteiger partial charge is 0.306 e. The highest BCUT2D eigenvalue weighted by molar-refractivity contribution is 5.69. The molecule has 0 radical (unpaired) electrons. The van der Waals surface area contributed by atoms with E-state index in [1.54, 1.807) is 5.57 Å². The molecule has 216 valence electrons. The van der Waals surface area contributed by atoms with Crippen LogP contribution in [0.4, 0.5) is 0 Å². The van der Waals surface area contributed by atoms with Crippen LogP contribution >= 0.6 is 0 Å². The average molecular weight is 519 g/mol. The minimum atomic E-state index is -0.0326. The number of ether oxygens (including phenoxy) is 1. The Morgan fingerprint density at radius 2 is 1.24 bits per heavy atom. The molecular formula is C34H62O3. The van der Waals surface area contributed by atoms with Crippen molar-refractivity contribution in [2.75, 3.05) is 0 Å². The van der Waals surface area contributed by atoms with Crippen molar-refractivity contribution in [2.24, 2.45) is 0 Å². The molecule has 0 spiro atoms. The van der Waals surface area contributed by atoms with Gasteiger partial charge in [-0.1, -0.05) is 102 Å². The number of carbonyl (C=O) groups is 2. The number of carbonyl (C=O) groups excluding carboxylic acids is 2. The molecule has 0 aromatic rings. The summed E-state index contributed by atoms with van der Waals surface area (Å²) < 4.78 is 5.74. The van der Waals surface area contributed by atoms with Crippen LogP contribution in [0.5, 0.6) is 0 Å². The van der Waals surface area contributed by atoms with Gasteiger partial charge in [-0.05, 0) is 77.0 Å². The SMILES string of the molecule is CCCCCCC(C/C=C/CCCCCC/C(=C\CCCCCCCC=O)CCCC)OC(=O)CCC. The normalized spacial score (nSPS) is 12.8. The summed E-state index contributed by atoms with van der Waals surface area (Å²) in [5.41, 5.74) is 1.69. The highest BCUT2D eigenvalue weighted by Crippen LogP contribution is 2.19. The summed E-state index contributed by atoms with van der Waals surface area (Å²) in [4.78, 5) is 22.3. The van der Waals surface area contributed by atoms with Crippen molar-refractivity contribution in [1.82, 2.24) is 0 Å². The van der Waals surface area contributed by atoms with Crippen molar-refractivity contribution in [3.63, 3.8) is 0 Å². The van der Waals surface area contributed by atoms with Crippen molar-refractivity contribution in [3.05, 3.63) is 23.8 Å². The topological polar surface area (TPSA) is 43.4 Å². The van der Waals surface area contributed by atoms with Gasteiger partial charge in [0.1, 0.15) is 12.4 Å². The lowest BCUT2D eigenvalue weighted by molar-refractivity contribution is -0.149. The molecule has 0 amide bonds. The van der Waals surface area contributed by atoms with Gasteiger partial charge in [-0.3, -0.25) is 4.79 Å². The molecule has 3 heteroatoms. The molecule has 3 nitrogen and oxygen atoms in total. The maximum atomic E-state index is 12.0. The highest BCUT2D eigenvalue weighted by atomic mass is 16.5. The first-order valence-corrected chi connectivity index (χ1v) is 16.1. The molecule has 37 heavy (non-hydrogen) atoms. The van der Waals surface area contributed by atoms with E-state index in [0.717, 1.165) is 51.2 Å². The molecule has 0 saturated carbocycles. The number of allylic oxidation sites excluding steroid dienone is 3. The van der Waals surface area contributed by atoms with E-state index >= 15 is 0 Å². The Hall–Kier alpha value is -1.38. The lowest BCUT2D eigenvalue weighted by Gasteiger charge is -2.16. The standard InChI is InChI=1S/C34H62O3/c1-4-7-9-22-29-33(37-34(36)25-6-3)30-23-18-14-10-12-16-20-27-32(26-8-5-2)28-21-17-13-11-15-19-24-31-35/h18,23,28,31,33H,4-17,19-22,24-27,29-30H2,1-3H3/b23-18+,32-28-. The number of hydrogen-bond acceptors (Lipinski definition) is 3. The molecule has 0 saturated heterocycles. The van der Waals surface area contributed by atoms with Crippen LogP contribution in [0.15, 0.2) is 23.8 Å². The third-order valence-corrected chi connectivity index (χ3v) is 7.13. The van der Waals surface area contributed by atoms with Gasteiger partial charge < -0.3 is 9.53 Å². The lowest BCUT2D eigenvalue weighted by Crippen LogP contribution is -2.17. The van der Waals surface area contributed by atoms with Gasteiger partial charge in [0.2, 0.25) is 0 Å². The molecule has 1 unspecified atom stereocenters. The van der Waals surface area contributed by atoms with Gasteiger partial charge in [-0.25, -0.2) is 0 Å².